The average Bonchev–Trinajstić information content (AvgIpc) is 3.29. The molecule has 3 aromatic rings. The minimum Gasteiger partial charge on any atom is -0.336 e. The summed E-state index contributed by atoms with van der Waals surface area (Å²) in [6, 6.07) is 17.9. The Kier molecular flexibility index (Phi) is 5.81. The van der Waals surface area contributed by atoms with Gasteiger partial charge in [0.1, 0.15) is 12.4 Å². The van der Waals surface area contributed by atoms with Gasteiger partial charge in [-0.1, -0.05) is 30.3 Å². The third-order valence-corrected chi connectivity index (χ3v) is 5.94. The summed E-state index contributed by atoms with van der Waals surface area (Å²) in [5, 5.41) is 0. The number of rotatable bonds is 6. The zero-order valence-electron chi connectivity index (χ0n) is 18.7. The number of hydrogen-bond acceptors (Lipinski definition) is 3. The molecule has 1 aromatic heterocycles. The Morgan fingerprint density at radius 3 is 2.35 bits per heavy atom. The quantitative estimate of drug-likeness (QED) is 0.603. The molecule has 0 N–H and O–H groups in total. The van der Waals surface area contributed by atoms with Gasteiger partial charge >= 0.3 is 0 Å². The molecule has 1 unspecified atom stereocenters. The second-order valence-electron chi connectivity index (χ2n) is 8.77. The van der Waals surface area contributed by atoms with Crippen LogP contribution < -0.4 is 4.90 Å². The molecule has 162 valence electrons. The van der Waals surface area contributed by atoms with Gasteiger partial charge in [-0.15, -0.1) is 0 Å². The van der Waals surface area contributed by atoms with Gasteiger partial charge in [-0.2, -0.15) is 0 Å². The lowest BCUT2D eigenvalue weighted by Crippen LogP contribution is -2.44. The summed E-state index contributed by atoms with van der Waals surface area (Å²) in [6.07, 6.45) is 0.393. The van der Waals surface area contributed by atoms with Gasteiger partial charge in [-0.3, -0.25) is 9.59 Å². The Balaban J connectivity index is 1.69. The topological polar surface area (TPSA) is 58.4 Å². The van der Waals surface area contributed by atoms with Crippen molar-refractivity contribution in [3.8, 4) is 0 Å². The summed E-state index contributed by atoms with van der Waals surface area (Å²) >= 11 is 0. The number of hydrogen-bond donors (Lipinski definition) is 0. The van der Waals surface area contributed by atoms with E-state index >= 15 is 0 Å². The molecular weight excluding hydrogens is 388 g/mol. The Bertz CT molecular complexity index is 1080. The van der Waals surface area contributed by atoms with Crippen LogP contribution in [0.2, 0.25) is 0 Å². The molecular formula is C25H30N4O2. The molecule has 0 bridgehead atoms. The van der Waals surface area contributed by atoms with E-state index in [1.54, 1.807) is 0 Å². The normalized spacial score (nSPS) is 16.6. The Morgan fingerprint density at radius 2 is 1.68 bits per heavy atom. The van der Waals surface area contributed by atoms with Gasteiger partial charge < -0.3 is 14.4 Å². The molecule has 6 heteroatoms. The van der Waals surface area contributed by atoms with Crippen molar-refractivity contribution in [3.63, 3.8) is 0 Å². The van der Waals surface area contributed by atoms with Crippen LogP contribution in [-0.2, 0) is 16.1 Å². The van der Waals surface area contributed by atoms with Gasteiger partial charge in [0.25, 0.3) is 0 Å². The van der Waals surface area contributed by atoms with E-state index in [1.165, 1.54) is 0 Å². The molecule has 0 saturated carbocycles. The highest BCUT2D eigenvalue weighted by molar-refractivity contribution is 5.96. The second-order valence-corrected chi connectivity index (χ2v) is 8.77. The van der Waals surface area contributed by atoms with Crippen molar-refractivity contribution in [2.24, 2.45) is 0 Å². The fraction of sp³-hybridized carbons (Fsp3) is 0.400. The van der Waals surface area contributed by atoms with Crippen molar-refractivity contribution >= 4 is 28.5 Å². The molecule has 1 aliphatic rings. The van der Waals surface area contributed by atoms with Crippen LogP contribution in [0.15, 0.2) is 54.6 Å². The van der Waals surface area contributed by atoms with E-state index in [0.717, 1.165) is 22.5 Å². The van der Waals surface area contributed by atoms with E-state index in [0.29, 0.717) is 13.0 Å². The molecule has 31 heavy (non-hydrogen) atoms. The summed E-state index contributed by atoms with van der Waals surface area (Å²) in [5.41, 5.74) is 2.69. The lowest BCUT2D eigenvalue weighted by Gasteiger charge is -2.31. The largest absolute Gasteiger partial charge is 0.336 e. The number of nitrogens with zero attached hydrogens (tertiary/aromatic N) is 4. The first kappa shape index (κ1) is 21.1. The molecule has 0 spiro atoms. The maximum atomic E-state index is 13.3. The molecule has 0 radical (unpaired) electrons. The van der Waals surface area contributed by atoms with E-state index in [1.807, 2.05) is 96.7 Å². The summed E-state index contributed by atoms with van der Waals surface area (Å²) in [5.74, 6) is 0.916. The number of anilines is 1. The number of amides is 2. The van der Waals surface area contributed by atoms with Gasteiger partial charge in [0, 0.05) is 36.7 Å². The molecule has 2 aromatic carbocycles. The highest BCUT2D eigenvalue weighted by atomic mass is 16.2. The molecule has 1 saturated heterocycles. The summed E-state index contributed by atoms with van der Waals surface area (Å²) in [7, 11) is 0. The Hall–Kier alpha value is -3.15. The van der Waals surface area contributed by atoms with Crippen LogP contribution in [0.3, 0.4) is 0 Å². The van der Waals surface area contributed by atoms with Crippen molar-refractivity contribution < 1.29 is 9.59 Å². The number of imidazole rings is 1. The van der Waals surface area contributed by atoms with Crippen molar-refractivity contribution in [2.75, 3.05) is 11.4 Å². The third kappa shape index (κ3) is 4.07. The maximum absolute atomic E-state index is 13.3. The van der Waals surface area contributed by atoms with Gasteiger partial charge in [-0.05, 0) is 52.0 Å². The number of carbonyl (C=O) groups is 2. The predicted octanol–water partition coefficient (Wildman–Crippen LogP) is 4.20. The van der Waals surface area contributed by atoms with Crippen LogP contribution in [0.1, 0.15) is 45.9 Å². The molecule has 6 nitrogen and oxygen atoms in total. The van der Waals surface area contributed by atoms with Crippen molar-refractivity contribution in [2.45, 2.75) is 58.7 Å². The fourth-order valence-electron chi connectivity index (χ4n) is 4.70. The molecule has 1 atom stereocenters. The van der Waals surface area contributed by atoms with Crippen LogP contribution >= 0.6 is 0 Å². The van der Waals surface area contributed by atoms with Crippen LogP contribution in [-0.4, -0.2) is 44.9 Å². The highest BCUT2D eigenvalue weighted by Crippen LogP contribution is 2.33. The number of para-hydroxylation sites is 3. The van der Waals surface area contributed by atoms with Crippen LogP contribution in [0.5, 0.6) is 0 Å². The first-order valence-corrected chi connectivity index (χ1v) is 11.0. The number of aromatic nitrogens is 2. The predicted molar refractivity (Wildman–Crippen MR) is 123 cm³/mol. The van der Waals surface area contributed by atoms with Crippen molar-refractivity contribution in [3.05, 3.63) is 60.4 Å². The van der Waals surface area contributed by atoms with Crippen molar-refractivity contribution in [1.29, 1.82) is 0 Å². The molecule has 2 amide bonds. The number of fused-ring (bicyclic) bond motifs is 1. The molecule has 2 heterocycles. The molecule has 0 aliphatic carbocycles. The van der Waals surface area contributed by atoms with E-state index in [-0.39, 0.29) is 36.4 Å². The zero-order valence-corrected chi connectivity index (χ0v) is 18.7. The second kappa shape index (κ2) is 8.53. The van der Waals surface area contributed by atoms with Crippen LogP contribution in [0.25, 0.3) is 11.0 Å². The van der Waals surface area contributed by atoms with Gasteiger partial charge in [0.15, 0.2) is 0 Å². The van der Waals surface area contributed by atoms with Gasteiger partial charge in [0.05, 0.1) is 11.0 Å². The summed E-state index contributed by atoms with van der Waals surface area (Å²) in [6.45, 7) is 8.95. The molecule has 4 rings (SSSR count). The van der Waals surface area contributed by atoms with Crippen molar-refractivity contribution in [1.82, 2.24) is 14.5 Å². The first-order valence-electron chi connectivity index (χ1n) is 11.0. The lowest BCUT2D eigenvalue weighted by atomic mass is 10.1. The number of carbonyl (C=O) groups excluding carboxylic acids is 2. The Labute approximate surface area is 183 Å². The van der Waals surface area contributed by atoms with E-state index in [4.69, 9.17) is 4.98 Å². The SMILES string of the molecule is CC(C)N(C(=O)Cn1c(C2CC(=O)N(c3ccccc3)C2)nc2ccccc21)C(C)C. The smallest absolute Gasteiger partial charge is 0.243 e. The first-order chi connectivity index (χ1) is 14.9. The summed E-state index contributed by atoms with van der Waals surface area (Å²) < 4.78 is 2.02. The van der Waals surface area contributed by atoms with E-state index < -0.39 is 0 Å². The minimum absolute atomic E-state index is 0.0561. The fourth-order valence-corrected chi connectivity index (χ4v) is 4.70. The average molecular weight is 419 g/mol. The van der Waals surface area contributed by atoms with Crippen LogP contribution in [0, 0.1) is 0 Å². The Morgan fingerprint density at radius 1 is 1.03 bits per heavy atom. The zero-order chi connectivity index (χ0) is 22.1. The number of benzene rings is 2. The lowest BCUT2D eigenvalue weighted by molar-refractivity contribution is -0.135. The van der Waals surface area contributed by atoms with Crippen LogP contribution in [0.4, 0.5) is 5.69 Å². The van der Waals surface area contributed by atoms with Gasteiger partial charge in [-0.25, -0.2) is 4.98 Å². The minimum atomic E-state index is -0.0561. The van der Waals surface area contributed by atoms with Gasteiger partial charge in [0.2, 0.25) is 11.8 Å². The molecule has 1 aliphatic heterocycles. The summed E-state index contributed by atoms with van der Waals surface area (Å²) in [4.78, 5) is 34.7. The third-order valence-electron chi connectivity index (χ3n) is 5.94. The maximum Gasteiger partial charge on any atom is 0.243 e. The van der Waals surface area contributed by atoms with E-state index in [2.05, 4.69) is 0 Å². The monoisotopic (exact) mass is 418 g/mol. The highest BCUT2D eigenvalue weighted by Gasteiger charge is 2.35. The standard InChI is InChI=1S/C25H30N4O2/c1-17(2)29(18(3)4)24(31)16-28-22-13-9-8-12-21(22)26-25(28)19-14-23(30)27(15-19)20-10-6-5-7-11-20/h5-13,17-19H,14-16H2,1-4H3. The molecule has 1 fully saturated rings. The van der Waals surface area contributed by atoms with E-state index in [9.17, 15) is 9.59 Å².